The van der Waals surface area contributed by atoms with Gasteiger partial charge in [-0.3, -0.25) is 14.6 Å². The Morgan fingerprint density at radius 3 is 2.62 bits per heavy atom. The van der Waals surface area contributed by atoms with Crippen LogP contribution < -0.4 is 15.0 Å². The Kier molecular flexibility index (Phi) is 5.83. The Hall–Kier alpha value is -3.85. The number of rotatable bonds is 5. The molecular weight excluding hydrogens is 431 g/mol. The molecule has 0 fully saturated rings. The van der Waals surface area contributed by atoms with E-state index in [4.69, 9.17) is 4.74 Å². The minimum absolute atomic E-state index is 0.0696. The second kappa shape index (κ2) is 8.72. The number of nitrogens with zero attached hydrogens (tertiary/aromatic N) is 3. The van der Waals surface area contributed by atoms with Gasteiger partial charge in [0.1, 0.15) is 5.82 Å². The number of ether oxygens (including phenoxy) is 1. The lowest BCUT2D eigenvalue weighted by Crippen LogP contribution is -2.25. The van der Waals surface area contributed by atoms with Crippen LogP contribution in [-0.2, 0) is 4.79 Å². The number of carbonyl (C=O) groups is 2. The van der Waals surface area contributed by atoms with Gasteiger partial charge >= 0.3 is 0 Å². The predicted molar refractivity (Wildman–Crippen MR) is 123 cm³/mol. The van der Waals surface area contributed by atoms with Gasteiger partial charge in [0.25, 0.3) is 5.91 Å². The molecule has 162 valence electrons. The van der Waals surface area contributed by atoms with Crippen LogP contribution in [0.2, 0.25) is 0 Å². The molecular formula is C23H19FN4O3S. The number of anilines is 2. The molecule has 0 aliphatic carbocycles. The molecule has 9 heteroatoms. The summed E-state index contributed by atoms with van der Waals surface area (Å²) in [7, 11) is 3.01. The van der Waals surface area contributed by atoms with Crippen molar-refractivity contribution in [2.75, 3.05) is 24.4 Å². The van der Waals surface area contributed by atoms with Crippen molar-refractivity contribution in [1.82, 2.24) is 9.97 Å². The fraction of sp³-hybridized carbons (Fsp3) is 0.130. The molecule has 1 N–H and O–H groups in total. The van der Waals surface area contributed by atoms with E-state index in [1.165, 1.54) is 48.5 Å². The number of halogens is 1. The molecule has 3 heterocycles. The van der Waals surface area contributed by atoms with Crippen molar-refractivity contribution in [1.29, 1.82) is 0 Å². The lowest BCUT2D eigenvalue weighted by molar-refractivity contribution is -0.114. The smallest absolute Gasteiger partial charge is 0.268 e. The molecule has 4 rings (SSSR count). The minimum Gasteiger partial charge on any atom is -0.494 e. The number of aromatic nitrogens is 2. The van der Waals surface area contributed by atoms with Gasteiger partial charge in [0, 0.05) is 60.8 Å². The number of pyridine rings is 2. The predicted octanol–water partition coefficient (Wildman–Crippen LogP) is 4.74. The van der Waals surface area contributed by atoms with Crippen LogP contribution in [0, 0.1) is 5.82 Å². The summed E-state index contributed by atoms with van der Waals surface area (Å²) in [5, 5.41) is 3.50. The maximum atomic E-state index is 13.7. The quantitative estimate of drug-likeness (QED) is 0.475. The number of nitrogens with one attached hydrogen (secondary N) is 1. The average molecular weight is 450 g/mol. The normalized spacial score (nSPS) is 10.8. The first kappa shape index (κ1) is 21.4. The third-order valence-corrected chi connectivity index (χ3v) is 5.92. The molecule has 0 atom stereocenters. The van der Waals surface area contributed by atoms with Crippen molar-refractivity contribution in [3.05, 3.63) is 65.7 Å². The highest BCUT2D eigenvalue weighted by atomic mass is 32.1. The third kappa shape index (κ3) is 4.15. The first-order valence-corrected chi connectivity index (χ1v) is 10.4. The number of amides is 2. The molecule has 0 aliphatic heterocycles. The Labute approximate surface area is 187 Å². The van der Waals surface area contributed by atoms with Crippen LogP contribution in [0.1, 0.15) is 16.6 Å². The summed E-state index contributed by atoms with van der Waals surface area (Å²) >= 11 is 1.33. The topological polar surface area (TPSA) is 84.4 Å². The molecule has 1 aromatic carbocycles. The molecule has 0 saturated carbocycles. The maximum Gasteiger partial charge on any atom is 0.268 e. The summed E-state index contributed by atoms with van der Waals surface area (Å²) in [6.07, 6.45) is 5.07. The van der Waals surface area contributed by atoms with Gasteiger partial charge in [-0.1, -0.05) is 0 Å². The van der Waals surface area contributed by atoms with E-state index in [-0.39, 0.29) is 17.6 Å². The van der Waals surface area contributed by atoms with Crippen LogP contribution in [0.3, 0.4) is 0 Å². The monoisotopic (exact) mass is 450 g/mol. The van der Waals surface area contributed by atoms with Crippen molar-refractivity contribution in [3.63, 3.8) is 0 Å². The Morgan fingerprint density at radius 2 is 1.94 bits per heavy atom. The second-order valence-electron chi connectivity index (χ2n) is 7.01. The van der Waals surface area contributed by atoms with E-state index in [2.05, 4.69) is 15.3 Å². The van der Waals surface area contributed by atoms with Crippen LogP contribution in [0.5, 0.6) is 5.75 Å². The largest absolute Gasteiger partial charge is 0.494 e. The van der Waals surface area contributed by atoms with Crippen molar-refractivity contribution < 1.29 is 18.7 Å². The number of methoxy groups -OCH3 is 1. The number of fused-ring (bicyclic) bond motifs is 1. The number of hydrogen-bond donors (Lipinski definition) is 1. The van der Waals surface area contributed by atoms with Gasteiger partial charge in [-0.05, 0) is 30.3 Å². The summed E-state index contributed by atoms with van der Waals surface area (Å²) < 4.78 is 19.6. The lowest BCUT2D eigenvalue weighted by Gasteiger charge is -2.17. The van der Waals surface area contributed by atoms with Crippen molar-refractivity contribution in [3.8, 4) is 16.9 Å². The van der Waals surface area contributed by atoms with Crippen LogP contribution in [-0.4, -0.2) is 35.9 Å². The standard InChI is InChI=1S/C23H19FN4O3S/c1-13(29)27-22-7-4-14(10-26-22)17-11-25-12-21-16(17)9-20(32-21)23(30)28(2)15-5-6-18(24)19(8-15)31-3/h4-12H,1-3H3,(H,26,27,29). The van der Waals surface area contributed by atoms with Crippen molar-refractivity contribution in [2.45, 2.75) is 6.92 Å². The fourth-order valence-electron chi connectivity index (χ4n) is 3.24. The SMILES string of the molecule is COc1cc(N(C)C(=O)c2cc3c(-c4ccc(NC(C)=O)nc4)cncc3s2)ccc1F. The molecule has 4 aromatic rings. The van der Waals surface area contributed by atoms with E-state index < -0.39 is 5.82 Å². The molecule has 3 aromatic heterocycles. The van der Waals surface area contributed by atoms with E-state index in [1.54, 1.807) is 31.7 Å². The average Bonchev–Trinajstić information content (AvgIpc) is 3.23. The maximum absolute atomic E-state index is 13.7. The van der Waals surface area contributed by atoms with Gasteiger partial charge in [0.15, 0.2) is 11.6 Å². The van der Waals surface area contributed by atoms with E-state index in [0.717, 1.165) is 21.2 Å². The summed E-state index contributed by atoms with van der Waals surface area (Å²) in [5.41, 5.74) is 2.15. The van der Waals surface area contributed by atoms with Gasteiger partial charge in [-0.25, -0.2) is 9.37 Å². The van der Waals surface area contributed by atoms with Gasteiger partial charge in [0.2, 0.25) is 5.91 Å². The molecule has 0 bridgehead atoms. The summed E-state index contributed by atoms with van der Waals surface area (Å²) in [6, 6.07) is 9.64. The molecule has 0 unspecified atom stereocenters. The molecule has 32 heavy (non-hydrogen) atoms. The molecule has 0 spiro atoms. The first-order chi connectivity index (χ1) is 15.4. The second-order valence-corrected chi connectivity index (χ2v) is 8.09. The number of benzene rings is 1. The Balaban J connectivity index is 1.67. The van der Waals surface area contributed by atoms with Gasteiger partial charge in [-0.15, -0.1) is 11.3 Å². The zero-order chi connectivity index (χ0) is 22.8. The summed E-state index contributed by atoms with van der Waals surface area (Å²) in [5.74, 6) is -0.394. The van der Waals surface area contributed by atoms with E-state index >= 15 is 0 Å². The number of carbonyl (C=O) groups excluding carboxylic acids is 2. The van der Waals surface area contributed by atoms with E-state index in [9.17, 15) is 14.0 Å². The fourth-order valence-corrected chi connectivity index (χ4v) is 4.27. The van der Waals surface area contributed by atoms with Gasteiger partial charge < -0.3 is 15.0 Å². The summed E-state index contributed by atoms with van der Waals surface area (Å²) in [4.78, 5) is 34.8. The lowest BCUT2D eigenvalue weighted by atomic mass is 10.1. The van der Waals surface area contributed by atoms with Crippen molar-refractivity contribution >= 4 is 44.7 Å². The Morgan fingerprint density at radius 1 is 1.12 bits per heavy atom. The van der Waals surface area contributed by atoms with Gasteiger partial charge in [0.05, 0.1) is 16.7 Å². The number of thiophene rings is 1. The van der Waals surface area contributed by atoms with Crippen LogP contribution in [0.25, 0.3) is 21.2 Å². The molecule has 0 aliphatic rings. The van der Waals surface area contributed by atoms with Crippen molar-refractivity contribution in [2.24, 2.45) is 0 Å². The Bertz CT molecular complexity index is 1320. The van der Waals surface area contributed by atoms with Crippen LogP contribution >= 0.6 is 11.3 Å². The summed E-state index contributed by atoms with van der Waals surface area (Å²) in [6.45, 7) is 1.42. The van der Waals surface area contributed by atoms with E-state index in [1.807, 2.05) is 12.1 Å². The first-order valence-electron chi connectivity index (χ1n) is 9.60. The van der Waals surface area contributed by atoms with Gasteiger partial charge in [-0.2, -0.15) is 0 Å². The molecule has 0 radical (unpaired) electrons. The zero-order valence-corrected chi connectivity index (χ0v) is 18.4. The third-order valence-electron chi connectivity index (χ3n) is 4.86. The zero-order valence-electron chi connectivity index (χ0n) is 17.5. The molecule has 2 amide bonds. The highest BCUT2D eigenvalue weighted by Crippen LogP contribution is 2.34. The van der Waals surface area contributed by atoms with Crippen LogP contribution in [0.15, 0.2) is 55.0 Å². The highest BCUT2D eigenvalue weighted by Gasteiger charge is 2.19. The highest BCUT2D eigenvalue weighted by molar-refractivity contribution is 7.21. The van der Waals surface area contributed by atoms with Crippen LogP contribution in [0.4, 0.5) is 15.9 Å². The molecule has 0 saturated heterocycles. The minimum atomic E-state index is -0.493. The number of hydrogen-bond acceptors (Lipinski definition) is 6. The molecule has 7 nitrogen and oxygen atoms in total. The van der Waals surface area contributed by atoms with E-state index in [0.29, 0.717) is 16.4 Å².